The summed E-state index contributed by atoms with van der Waals surface area (Å²) in [4.78, 5) is 9.82. The number of anilines is 2. The molecule has 0 radical (unpaired) electrons. The predicted molar refractivity (Wildman–Crippen MR) is 102 cm³/mol. The van der Waals surface area contributed by atoms with Crippen LogP contribution in [0.25, 0.3) is 0 Å². The highest BCUT2D eigenvalue weighted by molar-refractivity contribution is 9.10. The highest BCUT2D eigenvalue weighted by Crippen LogP contribution is 2.34. The lowest BCUT2D eigenvalue weighted by atomic mass is 10.1. The minimum atomic E-state index is -0.506. The van der Waals surface area contributed by atoms with Crippen LogP contribution in [0, 0.1) is 12.7 Å². The topological polar surface area (TPSA) is 82.9 Å². The number of aromatic hydroxyl groups is 1. The molecule has 0 amide bonds. The molecule has 3 rings (SSSR count). The van der Waals surface area contributed by atoms with Crippen molar-refractivity contribution in [1.82, 2.24) is 9.97 Å². The molecule has 0 bridgehead atoms. The fraction of sp³-hybridized carbons (Fsp3) is 0.312. The van der Waals surface area contributed by atoms with Crippen LogP contribution in [0.5, 0.6) is 5.75 Å². The maximum absolute atomic E-state index is 14.0. The number of hydrazone groups is 1. The van der Waals surface area contributed by atoms with Gasteiger partial charge in [0.15, 0.2) is 11.6 Å². The first-order valence-corrected chi connectivity index (χ1v) is 8.96. The molecule has 0 saturated carbocycles. The molecule has 1 aromatic heterocycles. The Hall–Kier alpha value is -1.97. The van der Waals surface area contributed by atoms with Crippen molar-refractivity contribution in [1.29, 1.82) is 0 Å². The SMILES string of the molecule is Cc1c(Br)cc(/C=N/Nc2ncc(F)c(N3CCOCC3)n2)c(O)c1Cl. The molecule has 10 heteroatoms. The Kier molecular flexibility index (Phi) is 5.90. The van der Waals surface area contributed by atoms with E-state index in [9.17, 15) is 9.50 Å². The van der Waals surface area contributed by atoms with Crippen molar-refractivity contribution >= 4 is 45.5 Å². The van der Waals surface area contributed by atoms with Crippen molar-refractivity contribution in [2.75, 3.05) is 36.6 Å². The average Bonchev–Trinajstić information content (AvgIpc) is 2.66. The van der Waals surface area contributed by atoms with E-state index in [1.807, 2.05) is 0 Å². The summed E-state index contributed by atoms with van der Waals surface area (Å²) in [5.74, 6) is -0.244. The molecule has 0 atom stereocenters. The lowest BCUT2D eigenvalue weighted by molar-refractivity contribution is 0.122. The number of nitrogens with zero attached hydrogens (tertiary/aromatic N) is 4. The molecule has 0 unspecified atom stereocenters. The Bertz CT molecular complexity index is 846. The molecule has 7 nitrogen and oxygen atoms in total. The largest absolute Gasteiger partial charge is 0.506 e. The summed E-state index contributed by atoms with van der Waals surface area (Å²) in [5, 5.41) is 14.3. The Morgan fingerprint density at radius 3 is 2.92 bits per heavy atom. The summed E-state index contributed by atoms with van der Waals surface area (Å²) < 4.78 is 20.0. The Labute approximate surface area is 163 Å². The third-order valence-electron chi connectivity index (χ3n) is 3.86. The van der Waals surface area contributed by atoms with Crippen LogP contribution < -0.4 is 10.3 Å². The van der Waals surface area contributed by atoms with Crippen molar-refractivity contribution in [3.63, 3.8) is 0 Å². The maximum Gasteiger partial charge on any atom is 0.245 e. The minimum absolute atomic E-state index is 0.0769. The highest BCUT2D eigenvalue weighted by atomic mass is 79.9. The van der Waals surface area contributed by atoms with Crippen molar-refractivity contribution in [3.05, 3.63) is 38.7 Å². The summed E-state index contributed by atoms with van der Waals surface area (Å²) in [6.07, 6.45) is 2.47. The van der Waals surface area contributed by atoms with Gasteiger partial charge in [0, 0.05) is 23.1 Å². The van der Waals surface area contributed by atoms with Crippen LogP contribution in [0.2, 0.25) is 5.02 Å². The van der Waals surface area contributed by atoms with E-state index in [0.29, 0.717) is 31.9 Å². The van der Waals surface area contributed by atoms with E-state index < -0.39 is 5.82 Å². The summed E-state index contributed by atoms with van der Waals surface area (Å²) in [7, 11) is 0. The summed E-state index contributed by atoms with van der Waals surface area (Å²) in [5.41, 5.74) is 3.77. The zero-order chi connectivity index (χ0) is 18.7. The van der Waals surface area contributed by atoms with Gasteiger partial charge in [0.1, 0.15) is 5.75 Å². The number of morpholine rings is 1. The van der Waals surface area contributed by atoms with Crippen molar-refractivity contribution in [2.45, 2.75) is 6.92 Å². The number of halogens is 3. The van der Waals surface area contributed by atoms with Gasteiger partial charge in [0.2, 0.25) is 5.95 Å². The van der Waals surface area contributed by atoms with Gasteiger partial charge < -0.3 is 14.7 Å². The van der Waals surface area contributed by atoms with Crippen molar-refractivity contribution < 1.29 is 14.2 Å². The van der Waals surface area contributed by atoms with Gasteiger partial charge in [-0.05, 0) is 18.6 Å². The molecular formula is C16H16BrClFN5O2. The van der Waals surface area contributed by atoms with Crippen molar-refractivity contribution in [3.8, 4) is 5.75 Å². The van der Waals surface area contributed by atoms with Crippen LogP contribution in [-0.4, -0.2) is 47.6 Å². The average molecular weight is 445 g/mol. The number of benzene rings is 1. The molecule has 1 aromatic carbocycles. The zero-order valence-corrected chi connectivity index (χ0v) is 16.2. The van der Waals surface area contributed by atoms with Gasteiger partial charge in [-0.15, -0.1) is 0 Å². The number of hydrogen-bond acceptors (Lipinski definition) is 7. The van der Waals surface area contributed by atoms with Gasteiger partial charge in [0.05, 0.1) is 30.6 Å². The number of phenols is 1. The van der Waals surface area contributed by atoms with Crippen LogP contribution in [0.4, 0.5) is 16.2 Å². The highest BCUT2D eigenvalue weighted by Gasteiger charge is 2.17. The Morgan fingerprint density at radius 2 is 2.19 bits per heavy atom. The lowest BCUT2D eigenvalue weighted by Crippen LogP contribution is -2.37. The lowest BCUT2D eigenvalue weighted by Gasteiger charge is -2.27. The summed E-state index contributed by atoms with van der Waals surface area (Å²) >= 11 is 9.43. The first kappa shape index (κ1) is 18.8. The van der Waals surface area contributed by atoms with Gasteiger partial charge in [-0.1, -0.05) is 27.5 Å². The molecule has 1 fully saturated rings. The molecule has 0 spiro atoms. The van der Waals surface area contributed by atoms with E-state index in [-0.39, 0.29) is 22.5 Å². The number of ether oxygens (including phenoxy) is 1. The standard InChI is InChI=1S/C16H16BrClFN5O2/c1-9-11(17)6-10(14(25)13(9)18)7-21-23-16-20-8-12(19)15(22-16)24-2-4-26-5-3-24/h6-8,25H,2-5H2,1H3,(H,20,22,23)/b21-7+. The quantitative estimate of drug-likeness (QED) is 0.556. The molecule has 0 aliphatic carbocycles. The molecular weight excluding hydrogens is 429 g/mol. The van der Waals surface area contributed by atoms with Crippen LogP contribution in [0.1, 0.15) is 11.1 Å². The van der Waals surface area contributed by atoms with E-state index in [0.717, 1.165) is 16.2 Å². The van der Waals surface area contributed by atoms with Gasteiger partial charge in [0.25, 0.3) is 0 Å². The van der Waals surface area contributed by atoms with Crippen LogP contribution in [0.15, 0.2) is 21.8 Å². The molecule has 2 N–H and O–H groups in total. The molecule has 1 aliphatic rings. The Morgan fingerprint density at radius 1 is 1.46 bits per heavy atom. The van der Waals surface area contributed by atoms with E-state index in [4.69, 9.17) is 16.3 Å². The molecule has 138 valence electrons. The first-order chi connectivity index (χ1) is 12.5. The van der Waals surface area contributed by atoms with Crippen LogP contribution >= 0.6 is 27.5 Å². The molecule has 2 aromatic rings. The third-order valence-corrected chi connectivity index (χ3v) is 5.14. The number of rotatable bonds is 4. The van der Waals surface area contributed by atoms with Gasteiger partial charge >= 0.3 is 0 Å². The molecule has 26 heavy (non-hydrogen) atoms. The molecule has 2 heterocycles. The van der Waals surface area contributed by atoms with E-state index in [1.165, 1.54) is 6.21 Å². The van der Waals surface area contributed by atoms with E-state index in [2.05, 4.69) is 36.4 Å². The molecule has 1 saturated heterocycles. The van der Waals surface area contributed by atoms with Gasteiger partial charge in [-0.2, -0.15) is 10.1 Å². The first-order valence-electron chi connectivity index (χ1n) is 7.79. The number of aromatic nitrogens is 2. The fourth-order valence-corrected chi connectivity index (χ4v) is 3.16. The van der Waals surface area contributed by atoms with Crippen LogP contribution in [0.3, 0.4) is 0 Å². The number of nitrogens with one attached hydrogen (secondary N) is 1. The number of phenolic OH excluding ortho intramolecular Hbond substituents is 1. The smallest absolute Gasteiger partial charge is 0.245 e. The third kappa shape index (κ3) is 4.05. The number of hydrogen-bond donors (Lipinski definition) is 2. The van der Waals surface area contributed by atoms with Crippen molar-refractivity contribution in [2.24, 2.45) is 5.10 Å². The summed E-state index contributed by atoms with van der Waals surface area (Å²) in [6, 6.07) is 1.69. The minimum Gasteiger partial charge on any atom is -0.506 e. The normalized spacial score (nSPS) is 14.8. The Balaban J connectivity index is 1.77. The second-order valence-corrected chi connectivity index (χ2v) is 6.80. The maximum atomic E-state index is 14.0. The fourth-order valence-electron chi connectivity index (χ4n) is 2.39. The molecule has 1 aliphatic heterocycles. The second kappa shape index (κ2) is 8.15. The van der Waals surface area contributed by atoms with E-state index in [1.54, 1.807) is 17.9 Å². The van der Waals surface area contributed by atoms with Gasteiger partial charge in [-0.25, -0.2) is 14.8 Å². The zero-order valence-electron chi connectivity index (χ0n) is 13.8. The second-order valence-electron chi connectivity index (χ2n) is 5.57. The van der Waals surface area contributed by atoms with Gasteiger partial charge in [-0.3, -0.25) is 0 Å². The van der Waals surface area contributed by atoms with Crippen LogP contribution in [-0.2, 0) is 4.74 Å². The summed E-state index contributed by atoms with van der Waals surface area (Å²) in [6.45, 7) is 3.94. The monoisotopic (exact) mass is 443 g/mol. The predicted octanol–water partition coefficient (Wildman–Crippen LogP) is 3.33. The van der Waals surface area contributed by atoms with E-state index >= 15 is 0 Å².